The lowest BCUT2D eigenvalue weighted by Gasteiger charge is -2.29. The average molecular weight is 409 g/mol. The van der Waals surface area contributed by atoms with Crippen LogP contribution in [0.3, 0.4) is 0 Å². The minimum absolute atomic E-state index is 0.119. The van der Waals surface area contributed by atoms with Crippen LogP contribution in [0.25, 0.3) is 0 Å². The Morgan fingerprint density at radius 1 is 1.13 bits per heavy atom. The highest BCUT2D eigenvalue weighted by Crippen LogP contribution is 2.33. The fraction of sp³-hybridized carbons (Fsp3) is 0.391. The lowest BCUT2D eigenvalue weighted by molar-refractivity contribution is 0.0580. The Kier molecular flexibility index (Phi) is 5.53. The van der Waals surface area contributed by atoms with Crippen molar-refractivity contribution in [1.82, 2.24) is 10.2 Å². The number of fused-ring (bicyclic) bond motifs is 1. The van der Waals surface area contributed by atoms with Crippen molar-refractivity contribution in [3.05, 3.63) is 59.7 Å². The van der Waals surface area contributed by atoms with E-state index >= 15 is 0 Å². The van der Waals surface area contributed by atoms with E-state index in [4.69, 9.17) is 14.3 Å². The van der Waals surface area contributed by atoms with Crippen LogP contribution in [0.15, 0.2) is 53.7 Å². The lowest BCUT2D eigenvalue weighted by Crippen LogP contribution is -2.50. The van der Waals surface area contributed by atoms with Gasteiger partial charge in [-0.2, -0.15) is 0 Å². The summed E-state index contributed by atoms with van der Waals surface area (Å²) < 4.78 is 10.8. The summed E-state index contributed by atoms with van der Waals surface area (Å²) >= 11 is 0. The van der Waals surface area contributed by atoms with Crippen molar-refractivity contribution in [3.8, 4) is 11.5 Å². The Bertz CT molecular complexity index is 937. The van der Waals surface area contributed by atoms with Gasteiger partial charge in [-0.25, -0.2) is 4.79 Å². The van der Waals surface area contributed by atoms with Crippen LogP contribution in [-0.2, 0) is 11.4 Å². The minimum atomic E-state index is -0.323. The number of carbonyl (C=O) groups is 1. The predicted molar refractivity (Wildman–Crippen MR) is 114 cm³/mol. The summed E-state index contributed by atoms with van der Waals surface area (Å²) in [5.41, 5.74) is 2.53. The molecule has 0 aromatic heterocycles. The van der Waals surface area contributed by atoms with E-state index < -0.39 is 0 Å². The third-order valence-corrected chi connectivity index (χ3v) is 4.85. The summed E-state index contributed by atoms with van der Waals surface area (Å²) in [7, 11) is 0. The van der Waals surface area contributed by atoms with E-state index in [2.05, 4.69) is 10.5 Å². The van der Waals surface area contributed by atoms with E-state index in [1.165, 1.54) is 0 Å². The SMILES string of the molecule is CC(C)(C)NC(=O)N(Cc1ccccc1)C[C@H]1CC(c2ccc3c(c2)OCO3)=NO1. The van der Waals surface area contributed by atoms with Crippen LogP contribution >= 0.6 is 0 Å². The summed E-state index contributed by atoms with van der Waals surface area (Å²) in [4.78, 5) is 20.4. The normalized spacial score (nSPS) is 17.3. The number of amides is 2. The first kappa shape index (κ1) is 20.1. The van der Waals surface area contributed by atoms with Crippen LogP contribution in [0.4, 0.5) is 4.79 Å². The number of nitrogens with one attached hydrogen (secondary N) is 1. The number of nitrogens with zero attached hydrogens (tertiary/aromatic N) is 2. The number of benzene rings is 2. The first-order chi connectivity index (χ1) is 14.4. The van der Waals surface area contributed by atoms with Crippen molar-refractivity contribution >= 4 is 11.7 Å². The van der Waals surface area contributed by atoms with Gasteiger partial charge in [0.15, 0.2) is 17.6 Å². The first-order valence-electron chi connectivity index (χ1n) is 10.1. The van der Waals surface area contributed by atoms with E-state index in [0.29, 0.717) is 25.3 Å². The van der Waals surface area contributed by atoms with Gasteiger partial charge >= 0.3 is 6.03 Å². The third kappa shape index (κ3) is 4.84. The van der Waals surface area contributed by atoms with Gasteiger partial charge in [0.25, 0.3) is 0 Å². The molecule has 0 saturated carbocycles. The molecule has 0 aliphatic carbocycles. The minimum Gasteiger partial charge on any atom is -0.454 e. The van der Waals surface area contributed by atoms with Gasteiger partial charge < -0.3 is 24.5 Å². The molecule has 0 fully saturated rings. The molecule has 2 aromatic carbocycles. The molecule has 158 valence electrons. The van der Waals surface area contributed by atoms with Crippen molar-refractivity contribution in [2.75, 3.05) is 13.3 Å². The second-order valence-corrected chi connectivity index (χ2v) is 8.58. The summed E-state index contributed by atoms with van der Waals surface area (Å²) in [6.45, 7) is 7.09. The molecule has 0 saturated heterocycles. The molecule has 2 aromatic rings. The molecule has 2 aliphatic rings. The van der Waals surface area contributed by atoms with Crippen molar-refractivity contribution in [1.29, 1.82) is 0 Å². The van der Waals surface area contributed by atoms with Crippen LogP contribution < -0.4 is 14.8 Å². The molecule has 30 heavy (non-hydrogen) atoms. The Balaban J connectivity index is 1.43. The van der Waals surface area contributed by atoms with Crippen LogP contribution in [0.2, 0.25) is 0 Å². The van der Waals surface area contributed by atoms with Gasteiger partial charge in [0.2, 0.25) is 6.79 Å². The van der Waals surface area contributed by atoms with Crippen LogP contribution in [-0.4, -0.2) is 41.6 Å². The molecular weight excluding hydrogens is 382 g/mol. The highest BCUT2D eigenvalue weighted by atomic mass is 16.7. The Morgan fingerprint density at radius 2 is 1.90 bits per heavy atom. The Hall–Kier alpha value is -3.22. The second kappa shape index (κ2) is 8.26. The summed E-state index contributed by atoms with van der Waals surface area (Å²) in [6.07, 6.45) is 0.410. The molecule has 1 N–H and O–H groups in total. The summed E-state index contributed by atoms with van der Waals surface area (Å²) in [5, 5.41) is 7.32. The van der Waals surface area contributed by atoms with E-state index in [0.717, 1.165) is 22.6 Å². The van der Waals surface area contributed by atoms with E-state index in [1.807, 2.05) is 69.3 Å². The molecule has 0 spiro atoms. The highest BCUT2D eigenvalue weighted by molar-refractivity contribution is 6.01. The first-order valence-corrected chi connectivity index (χ1v) is 10.1. The molecule has 2 aliphatic heterocycles. The lowest BCUT2D eigenvalue weighted by atomic mass is 10.0. The van der Waals surface area contributed by atoms with Crippen molar-refractivity contribution in [2.45, 2.75) is 45.4 Å². The molecule has 0 unspecified atom stereocenters. The zero-order valence-corrected chi connectivity index (χ0v) is 17.6. The molecule has 4 rings (SSSR count). The van der Waals surface area contributed by atoms with Crippen molar-refractivity contribution in [2.24, 2.45) is 5.16 Å². The molecule has 2 amide bonds. The summed E-state index contributed by atoms with van der Waals surface area (Å²) in [6, 6.07) is 15.6. The van der Waals surface area contributed by atoms with Crippen molar-refractivity contribution < 1.29 is 19.1 Å². The maximum Gasteiger partial charge on any atom is 0.318 e. The number of rotatable bonds is 5. The molecule has 0 radical (unpaired) electrons. The predicted octanol–water partition coefficient (Wildman–Crippen LogP) is 3.92. The topological polar surface area (TPSA) is 72.4 Å². The van der Waals surface area contributed by atoms with Gasteiger partial charge in [-0.15, -0.1) is 0 Å². The number of hydrogen-bond donors (Lipinski definition) is 1. The van der Waals surface area contributed by atoms with E-state index in [9.17, 15) is 4.79 Å². The third-order valence-electron chi connectivity index (χ3n) is 4.85. The fourth-order valence-electron chi connectivity index (χ4n) is 3.44. The maximum absolute atomic E-state index is 12.9. The van der Waals surface area contributed by atoms with E-state index in [-0.39, 0.29) is 24.5 Å². The van der Waals surface area contributed by atoms with Gasteiger partial charge in [0.05, 0.1) is 12.3 Å². The number of carbonyl (C=O) groups excluding carboxylic acids is 1. The average Bonchev–Trinajstić information content (AvgIpc) is 3.35. The fourth-order valence-corrected chi connectivity index (χ4v) is 3.44. The quantitative estimate of drug-likeness (QED) is 0.813. The Labute approximate surface area is 176 Å². The van der Waals surface area contributed by atoms with Crippen molar-refractivity contribution in [3.63, 3.8) is 0 Å². The molecule has 7 nitrogen and oxygen atoms in total. The standard InChI is InChI=1S/C23H27N3O4/c1-23(2,3)24-22(27)26(13-16-7-5-4-6-8-16)14-18-12-19(25-30-18)17-9-10-20-21(11-17)29-15-28-20/h4-11,18H,12-15H2,1-3H3,(H,24,27)/t18-/m1/s1. The summed E-state index contributed by atoms with van der Waals surface area (Å²) in [5.74, 6) is 1.46. The number of urea groups is 1. The smallest absolute Gasteiger partial charge is 0.318 e. The second-order valence-electron chi connectivity index (χ2n) is 8.58. The largest absolute Gasteiger partial charge is 0.454 e. The maximum atomic E-state index is 12.9. The van der Waals surface area contributed by atoms with Crippen LogP contribution in [0, 0.1) is 0 Å². The number of oxime groups is 1. The van der Waals surface area contributed by atoms with E-state index in [1.54, 1.807) is 4.90 Å². The van der Waals surface area contributed by atoms with Gasteiger partial charge in [0.1, 0.15) is 0 Å². The van der Waals surface area contributed by atoms with Crippen LogP contribution in [0.5, 0.6) is 11.5 Å². The zero-order chi connectivity index (χ0) is 21.1. The van der Waals surface area contributed by atoms with Gasteiger partial charge in [-0.3, -0.25) is 0 Å². The number of hydrogen-bond acceptors (Lipinski definition) is 5. The highest BCUT2D eigenvalue weighted by Gasteiger charge is 2.29. The van der Waals surface area contributed by atoms with Gasteiger partial charge in [-0.05, 0) is 44.5 Å². The monoisotopic (exact) mass is 409 g/mol. The molecule has 2 heterocycles. The molecule has 0 bridgehead atoms. The number of ether oxygens (including phenoxy) is 2. The van der Waals surface area contributed by atoms with Gasteiger partial charge in [-0.1, -0.05) is 35.5 Å². The Morgan fingerprint density at radius 3 is 2.67 bits per heavy atom. The molecular formula is C23H27N3O4. The van der Waals surface area contributed by atoms with Gasteiger partial charge in [0, 0.05) is 24.1 Å². The molecule has 7 heteroatoms. The zero-order valence-electron chi connectivity index (χ0n) is 17.6. The molecule has 1 atom stereocenters. The van der Waals surface area contributed by atoms with Crippen LogP contribution in [0.1, 0.15) is 38.3 Å².